The molecule has 0 aromatic heterocycles. The highest BCUT2D eigenvalue weighted by atomic mass is 16.5. The van der Waals surface area contributed by atoms with Crippen LogP contribution in [0.3, 0.4) is 0 Å². The number of rotatable bonds is 7. The number of hydrogen-bond donors (Lipinski definition) is 1. The molecule has 0 amide bonds. The highest BCUT2D eigenvalue weighted by Crippen LogP contribution is 2.37. The van der Waals surface area contributed by atoms with Crippen molar-refractivity contribution in [1.82, 2.24) is 4.90 Å². The van der Waals surface area contributed by atoms with Gasteiger partial charge in [-0.1, -0.05) is 26.2 Å². The van der Waals surface area contributed by atoms with E-state index in [1.165, 1.54) is 25.7 Å². The Morgan fingerprint density at radius 1 is 1.24 bits per heavy atom. The Kier molecular flexibility index (Phi) is 6.06. The Morgan fingerprint density at radius 3 is 2.57 bits per heavy atom. The van der Waals surface area contributed by atoms with Crippen LogP contribution >= 0.6 is 0 Å². The molecule has 0 saturated heterocycles. The summed E-state index contributed by atoms with van der Waals surface area (Å²) in [5.41, 5.74) is 5.69. The minimum absolute atomic E-state index is 0.184. The van der Waals surface area contributed by atoms with Gasteiger partial charge in [-0.25, -0.2) is 0 Å². The van der Waals surface area contributed by atoms with Gasteiger partial charge in [0.15, 0.2) is 0 Å². The maximum absolute atomic E-state index is 12.2. The molecule has 2 unspecified atom stereocenters. The van der Waals surface area contributed by atoms with Crippen LogP contribution in [-0.4, -0.2) is 42.1 Å². The second kappa shape index (κ2) is 7.59. The summed E-state index contributed by atoms with van der Waals surface area (Å²) in [5, 5.41) is 0. The van der Waals surface area contributed by atoms with Crippen molar-refractivity contribution in [2.45, 2.75) is 76.8 Å². The number of nitrogens with zero attached hydrogens (tertiary/aromatic N) is 1. The van der Waals surface area contributed by atoms with E-state index in [0.717, 1.165) is 44.8 Å². The monoisotopic (exact) mass is 296 g/mol. The molecule has 4 nitrogen and oxygen atoms in total. The third kappa shape index (κ3) is 3.78. The van der Waals surface area contributed by atoms with Gasteiger partial charge in [-0.05, 0) is 58.0 Å². The first-order chi connectivity index (χ1) is 10.1. The largest absolute Gasteiger partial charge is 0.465 e. The number of carbonyl (C=O) groups excluding carboxylic acids is 1. The lowest BCUT2D eigenvalue weighted by molar-refractivity contribution is -0.151. The maximum atomic E-state index is 12.2. The molecule has 2 N–H and O–H groups in total. The first kappa shape index (κ1) is 16.8. The molecule has 0 radical (unpaired) electrons. The zero-order chi connectivity index (χ0) is 15.3. The molecule has 0 aromatic rings. The van der Waals surface area contributed by atoms with Gasteiger partial charge in [0.1, 0.15) is 5.54 Å². The lowest BCUT2D eigenvalue weighted by atomic mass is 9.85. The number of esters is 1. The number of ether oxygens (including phenoxy) is 1. The summed E-state index contributed by atoms with van der Waals surface area (Å²) in [5.74, 6) is 0.100. The van der Waals surface area contributed by atoms with E-state index in [1.54, 1.807) is 0 Å². The van der Waals surface area contributed by atoms with Crippen LogP contribution in [0.4, 0.5) is 0 Å². The van der Waals surface area contributed by atoms with Crippen molar-refractivity contribution >= 4 is 5.97 Å². The van der Waals surface area contributed by atoms with Gasteiger partial charge in [-0.15, -0.1) is 0 Å². The van der Waals surface area contributed by atoms with Crippen LogP contribution in [0.15, 0.2) is 0 Å². The smallest absolute Gasteiger partial charge is 0.326 e. The molecule has 0 heterocycles. The molecule has 0 aromatic carbocycles. The van der Waals surface area contributed by atoms with Gasteiger partial charge in [0.2, 0.25) is 0 Å². The standard InChI is InChI=1S/C17H32N2O2/c1-3-19(15-9-5-6-10-15)13-11-14-8-7-12-17(14,18)16(20)21-4-2/h14-15H,3-13,18H2,1-2H3. The lowest BCUT2D eigenvalue weighted by Gasteiger charge is -2.33. The van der Waals surface area contributed by atoms with Crippen LogP contribution in [0.5, 0.6) is 0 Å². The molecule has 2 aliphatic rings. The van der Waals surface area contributed by atoms with Crippen LogP contribution < -0.4 is 5.73 Å². The van der Waals surface area contributed by atoms with Crippen molar-refractivity contribution in [3.05, 3.63) is 0 Å². The van der Waals surface area contributed by atoms with E-state index in [0.29, 0.717) is 6.61 Å². The van der Waals surface area contributed by atoms with Crippen molar-refractivity contribution in [1.29, 1.82) is 0 Å². The molecule has 21 heavy (non-hydrogen) atoms. The molecule has 2 fully saturated rings. The zero-order valence-corrected chi connectivity index (χ0v) is 13.8. The normalized spacial score (nSPS) is 30.2. The van der Waals surface area contributed by atoms with E-state index < -0.39 is 5.54 Å². The molecular formula is C17H32N2O2. The number of hydrogen-bond acceptors (Lipinski definition) is 4. The highest BCUT2D eigenvalue weighted by Gasteiger charge is 2.46. The summed E-state index contributed by atoms with van der Waals surface area (Å²) in [4.78, 5) is 14.8. The Balaban J connectivity index is 1.89. The molecule has 0 spiro atoms. The summed E-state index contributed by atoms with van der Waals surface area (Å²) in [6.45, 7) is 6.70. The van der Waals surface area contributed by atoms with Crippen molar-refractivity contribution in [3.63, 3.8) is 0 Å². The Labute approximate surface area is 129 Å². The molecular weight excluding hydrogens is 264 g/mol. The van der Waals surface area contributed by atoms with Crippen molar-refractivity contribution in [2.75, 3.05) is 19.7 Å². The van der Waals surface area contributed by atoms with Gasteiger partial charge in [-0.2, -0.15) is 0 Å². The fourth-order valence-corrected chi connectivity index (χ4v) is 4.23. The first-order valence-corrected chi connectivity index (χ1v) is 8.82. The number of nitrogens with two attached hydrogens (primary N) is 1. The summed E-state index contributed by atoms with van der Waals surface area (Å²) < 4.78 is 5.21. The SMILES string of the molecule is CCOC(=O)C1(N)CCCC1CCN(CC)C1CCCC1. The van der Waals surface area contributed by atoms with Gasteiger partial charge >= 0.3 is 5.97 Å². The van der Waals surface area contributed by atoms with Crippen LogP contribution in [0.2, 0.25) is 0 Å². The van der Waals surface area contributed by atoms with Gasteiger partial charge in [0.25, 0.3) is 0 Å². The molecule has 2 rings (SSSR count). The van der Waals surface area contributed by atoms with Crippen LogP contribution in [0.1, 0.15) is 65.2 Å². The maximum Gasteiger partial charge on any atom is 0.326 e. The molecule has 2 saturated carbocycles. The van der Waals surface area contributed by atoms with Crippen molar-refractivity contribution in [3.8, 4) is 0 Å². The predicted molar refractivity (Wildman–Crippen MR) is 85.0 cm³/mol. The fraction of sp³-hybridized carbons (Fsp3) is 0.941. The minimum Gasteiger partial charge on any atom is -0.465 e. The van der Waals surface area contributed by atoms with E-state index in [1.807, 2.05) is 6.92 Å². The predicted octanol–water partition coefficient (Wildman–Crippen LogP) is 2.70. The van der Waals surface area contributed by atoms with Gasteiger partial charge in [0, 0.05) is 6.04 Å². The van der Waals surface area contributed by atoms with E-state index in [2.05, 4.69) is 11.8 Å². The third-order valence-corrected chi connectivity index (χ3v) is 5.54. The molecule has 4 heteroatoms. The Hall–Kier alpha value is -0.610. The Morgan fingerprint density at radius 2 is 1.95 bits per heavy atom. The average molecular weight is 296 g/mol. The summed E-state index contributed by atoms with van der Waals surface area (Å²) in [7, 11) is 0. The summed E-state index contributed by atoms with van der Waals surface area (Å²) in [6.07, 6.45) is 9.34. The Bertz CT molecular complexity index is 342. The second-order valence-corrected chi connectivity index (χ2v) is 6.71. The van der Waals surface area contributed by atoms with Gasteiger partial charge in [0.05, 0.1) is 6.61 Å². The van der Waals surface area contributed by atoms with Crippen molar-refractivity contribution < 1.29 is 9.53 Å². The highest BCUT2D eigenvalue weighted by molar-refractivity contribution is 5.81. The fourth-order valence-electron chi connectivity index (χ4n) is 4.23. The molecule has 0 bridgehead atoms. The second-order valence-electron chi connectivity index (χ2n) is 6.71. The minimum atomic E-state index is -0.731. The molecule has 2 atom stereocenters. The summed E-state index contributed by atoms with van der Waals surface area (Å²) >= 11 is 0. The first-order valence-electron chi connectivity index (χ1n) is 8.82. The van der Waals surface area contributed by atoms with E-state index in [9.17, 15) is 4.79 Å². The molecule has 0 aliphatic heterocycles. The van der Waals surface area contributed by atoms with E-state index in [4.69, 9.17) is 10.5 Å². The quantitative estimate of drug-likeness (QED) is 0.734. The van der Waals surface area contributed by atoms with E-state index >= 15 is 0 Å². The number of carbonyl (C=O) groups is 1. The van der Waals surface area contributed by atoms with E-state index in [-0.39, 0.29) is 11.9 Å². The zero-order valence-electron chi connectivity index (χ0n) is 13.8. The van der Waals surface area contributed by atoms with Crippen molar-refractivity contribution in [2.24, 2.45) is 11.7 Å². The van der Waals surface area contributed by atoms with Crippen LogP contribution in [-0.2, 0) is 9.53 Å². The molecule has 2 aliphatic carbocycles. The van der Waals surface area contributed by atoms with Crippen LogP contribution in [0, 0.1) is 5.92 Å². The van der Waals surface area contributed by atoms with Gasteiger partial charge in [-0.3, -0.25) is 4.79 Å². The van der Waals surface area contributed by atoms with Gasteiger partial charge < -0.3 is 15.4 Å². The van der Waals surface area contributed by atoms with Crippen LogP contribution in [0.25, 0.3) is 0 Å². The lowest BCUT2D eigenvalue weighted by Crippen LogP contribution is -2.52. The molecule has 122 valence electrons. The average Bonchev–Trinajstić information content (AvgIpc) is 3.11. The summed E-state index contributed by atoms with van der Waals surface area (Å²) in [6, 6.07) is 0.756. The topological polar surface area (TPSA) is 55.6 Å². The third-order valence-electron chi connectivity index (χ3n) is 5.54.